The molecule has 2 aliphatic carbocycles. The van der Waals surface area contributed by atoms with Crippen molar-refractivity contribution < 1.29 is 14.0 Å². The first kappa shape index (κ1) is 19.8. The summed E-state index contributed by atoms with van der Waals surface area (Å²) in [6.07, 6.45) is 3.97. The fraction of sp³-hybridized carbons (Fsp3) is 0.409. The number of nitrogens with one attached hydrogen (secondary N) is 2. The van der Waals surface area contributed by atoms with Gasteiger partial charge in [0.15, 0.2) is 11.5 Å². The van der Waals surface area contributed by atoms with Crippen molar-refractivity contribution in [3.05, 3.63) is 64.7 Å². The normalized spacial score (nSPS) is 25.8. The number of amides is 2. The van der Waals surface area contributed by atoms with E-state index in [9.17, 15) is 14.0 Å². The summed E-state index contributed by atoms with van der Waals surface area (Å²) in [5.74, 6) is 0.217. The van der Waals surface area contributed by atoms with Crippen LogP contribution in [0.1, 0.15) is 47.0 Å². The van der Waals surface area contributed by atoms with Gasteiger partial charge in [0.25, 0.3) is 11.8 Å². The van der Waals surface area contributed by atoms with Crippen LogP contribution in [0.25, 0.3) is 0 Å². The van der Waals surface area contributed by atoms with Gasteiger partial charge in [0.2, 0.25) is 0 Å². The molecule has 2 saturated carbocycles. The average molecular weight is 416 g/mol. The highest BCUT2D eigenvalue weighted by atomic mass is 35.5. The predicted octanol–water partition coefficient (Wildman–Crippen LogP) is 3.84. The second kappa shape index (κ2) is 8.11. The molecule has 29 heavy (non-hydrogen) atoms. The third-order valence-corrected chi connectivity index (χ3v) is 6.40. The van der Waals surface area contributed by atoms with Gasteiger partial charge in [-0.2, -0.15) is 0 Å². The number of carbonyl (C=O) groups is 2. The monoisotopic (exact) mass is 415 g/mol. The van der Waals surface area contributed by atoms with Gasteiger partial charge in [-0.15, -0.1) is 0 Å². The minimum atomic E-state index is -0.609. The molecule has 152 valence electrons. The summed E-state index contributed by atoms with van der Waals surface area (Å²) in [5.41, 5.74) is 0.437. The van der Waals surface area contributed by atoms with E-state index in [1.165, 1.54) is 18.3 Å². The second-order valence-electron chi connectivity index (χ2n) is 7.88. The number of rotatable bonds is 6. The Bertz CT molecular complexity index is 909. The van der Waals surface area contributed by atoms with Crippen LogP contribution in [-0.4, -0.2) is 28.9 Å². The molecule has 4 rings (SSSR count). The minimum absolute atomic E-state index is 0.0274. The average Bonchev–Trinajstić information content (AvgIpc) is 3.20. The van der Waals surface area contributed by atoms with Crippen LogP contribution in [0.5, 0.6) is 0 Å². The van der Waals surface area contributed by atoms with Crippen molar-refractivity contribution in [3.8, 4) is 0 Å². The van der Waals surface area contributed by atoms with Crippen LogP contribution in [0.4, 0.5) is 4.39 Å². The lowest BCUT2D eigenvalue weighted by molar-refractivity contribution is 0.0923. The Morgan fingerprint density at radius 3 is 2.48 bits per heavy atom. The Hall–Kier alpha value is -2.47. The molecule has 1 heterocycles. The highest BCUT2D eigenvalue weighted by molar-refractivity contribution is 6.30. The first-order valence-electron chi connectivity index (χ1n) is 9.95. The second-order valence-corrected chi connectivity index (χ2v) is 8.31. The summed E-state index contributed by atoms with van der Waals surface area (Å²) in [7, 11) is 0. The van der Waals surface area contributed by atoms with Crippen molar-refractivity contribution in [2.75, 3.05) is 0 Å². The smallest absolute Gasteiger partial charge is 0.273 e. The van der Waals surface area contributed by atoms with Crippen molar-refractivity contribution in [1.82, 2.24) is 15.6 Å². The molecule has 1 aromatic carbocycles. The predicted molar refractivity (Wildman–Crippen MR) is 108 cm³/mol. The molecule has 1 aromatic heterocycles. The Kier molecular flexibility index (Phi) is 5.54. The summed E-state index contributed by atoms with van der Waals surface area (Å²) >= 11 is 5.89. The van der Waals surface area contributed by atoms with Crippen molar-refractivity contribution in [2.24, 2.45) is 17.8 Å². The van der Waals surface area contributed by atoms with E-state index >= 15 is 0 Å². The molecule has 5 atom stereocenters. The van der Waals surface area contributed by atoms with E-state index in [4.69, 9.17) is 11.6 Å². The Balaban J connectivity index is 1.31. The van der Waals surface area contributed by atoms with Gasteiger partial charge in [0.1, 0.15) is 0 Å². The molecule has 2 aromatic rings. The largest absolute Gasteiger partial charge is 0.349 e. The van der Waals surface area contributed by atoms with E-state index in [0.717, 1.165) is 19.3 Å². The Labute approximate surface area is 174 Å². The third kappa shape index (κ3) is 4.13. The van der Waals surface area contributed by atoms with Crippen molar-refractivity contribution >= 4 is 23.4 Å². The molecule has 0 spiro atoms. The Morgan fingerprint density at radius 1 is 1.17 bits per heavy atom. The van der Waals surface area contributed by atoms with Gasteiger partial charge in [0, 0.05) is 28.9 Å². The van der Waals surface area contributed by atoms with Crippen LogP contribution in [0.15, 0.2) is 42.6 Å². The summed E-state index contributed by atoms with van der Waals surface area (Å²) < 4.78 is 13.7. The summed E-state index contributed by atoms with van der Waals surface area (Å²) in [4.78, 5) is 28.6. The van der Waals surface area contributed by atoms with Crippen molar-refractivity contribution in [3.63, 3.8) is 0 Å². The quantitative estimate of drug-likeness (QED) is 0.753. The maximum absolute atomic E-state index is 13.7. The number of pyridine rings is 1. The number of nitrogens with zero attached hydrogens (tertiary/aromatic N) is 1. The van der Waals surface area contributed by atoms with Gasteiger partial charge in [0.05, 0.1) is 0 Å². The lowest BCUT2D eigenvalue weighted by atomic mass is 9.99. The first-order valence-corrected chi connectivity index (χ1v) is 10.3. The number of carbonyl (C=O) groups excluding carboxylic acids is 2. The summed E-state index contributed by atoms with van der Waals surface area (Å²) in [6, 6.07) is 9.70. The van der Waals surface area contributed by atoms with E-state index in [-0.39, 0.29) is 23.7 Å². The molecule has 2 aliphatic rings. The van der Waals surface area contributed by atoms with Gasteiger partial charge < -0.3 is 10.6 Å². The number of benzene rings is 1. The Morgan fingerprint density at radius 2 is 1.86 bits per heavy atom. The first-order chi connectivity index (χ1) is 14.0. The molecular formula is C22H23ClFN3O2. The third-order valence-electron chi connectivity index (χ3n) is 6.15. The van der Waals surface area contributed by atoms with Gasteiger partial charge in [-0.25, -0.2) is 9.37 Å². The molecular weight excluding hydrogens is 393 g/mol. The fourth-order valence-electron chi connectivity index (χ4n) is 4.74. The van der Waals surface area contributed by atoms with Gasteiger partial charge >= 0.3 is 0 Å². The van der Waals surface area contributed by atoms with Crippen LogP contribution in [0.2, 0.25) is 5.02 Å². The SMILES string of the molecule is CC[C@@H](NC(=O)c1ccc(Cl)cc1)C1[C@H]2CC(NC(=O)c3ncccc3F)C[C@@H]12. The molecule has 2 fully saturated rings. The van der Waals surface area contributed by atoms with Crippen LogP contribution in [0.3, 0.4) is 0 Å². The van der Waals surface area contributed by atoms with E-state index < -0.39 is 11.7 Å². The van der Waals surface area contributed by atoms with Gasteiger partial charge in [-0.05, 0) is 73.4 Å². The van der Waals surface area contributed by atoms with E-state index in [1.807, 2.05) is 0 Å². The lowest BCUT2D eigenvalue weighted by Crippen LogP contribution is -2.39. The van der Waals surface area contributed by atoms with E-state index in [2.05, 4.69) is 22.5 Å². The molecule has 2 N–H and O–H groups in total. The van der Waals surface area contributed by atoms with Gasteiger partial charge in [-0.3, -0.25) is 9.59 Å². The fourth-order valence-corrected chi connectivity index (χ4v) is 4.86. The molecule has 7 heteroatoms. The topological polar surface area (TPSA) is 71.1 Å². The van der Waals surface area contributed by atoms with E-state index in [0.29, 0.717) is 28.3 Å². The molecule has 0 saturated heterocycles. The molecule has 2 unspecified atom stereocenters. The van der Waals surface area contributed by atoms with Crippen molar-refractivity contribution in [2.45, 2.75) is 38.3 Å². The molecule has 0 radical (unpaired) electrons. The zero-order chi connectivity index (χ0) is 20.5. The number of halogens is 2. The lowest BCUT2D eigenvalue weighted by Gasteiger charge is -2.22. The van der Waals surface area contributed by atoms with E-state index in [1.54, 1.807) is 24.3 Å². The zero-order valence-electron chi connectivity index (χ0n) is 16.1. The van der Waals surface area contributed by atoms with Crippen LogP contribution < -0.4 is 10.6 Å². The standard InChI is InChI=1S/C22H23ClFN3O2/c1-2-18(27-21(28)12-5-7-13(23)8-6-12)19-15-10-14(11-16(15)19)26-22(29)20-17(24)4-3-9-25-20/h3-9,14-16,18-19H,2,10-11H2,1H3,(H,26,29)(H,27,28)/t14?,15-,16+,18-,19?/m1/s1. The summed E-state index contributed by atoms with van der Waals surface area (Å²) in [6.45, 7) is 2.07. The molecule has 0 aliphatic heterocycles. The summed E-state index contributed by atoms with van der Waals surface area (Å²) in [5, 5.41) is 6.66. The van der Waals surface area contributed by atoms with Crippen LogP contribution >= 0.6 is 11.6 Å². The zero-order valence-corrected chi connectivity index (χ0v) is 16.8. The number of hydrogen-bond acceptors (Lipinski definition) is 3. The maximum Gasteiger partial charge on any atom is 0.273 e. The highest BCUT2D eigenvalue weighted by Crippen LogP contribution is 2.59. The number of hydrogen-bond donors (Lipinski definition) is 2. The van der Waals surface area contributed by atoms with Crippen LogP contribution in [-0.2, 0) is 0 Å². The minimum Gasteiger partial charge on any atom is -0.349 e. The highest BCUT2D eigenvalue weighted by Gasteiger charge is 2.58. The molecule has 0 bridgehead atoms. The van der Waals surface area contributed by atoms with Crippen molar-refractivity contribution in [1.29, 1.82) is 0 Å². The number of fused-ring (bicyclic) bond motifs is 1. The molecule has 5 nitrogen and oxygen atoms in total. The number of aromatic nitrogens is 1. The van der Waals surface area contributed by atoms with Gasteiger partial charge in [-0.1, -0.05) is 18.5 Å². The van der Waals surface area contributed by atoms with Crippen LogP contribution in [0, 0.1) is 23.6 Å². The molecule has 2 amide bonds. The maximum atomic E-state index is 13.7.